The Kier molecular flexibility index (Phi) is 3.29. The van der Waals surface area contributed by atoms with E-state index in [1.165, 1.54) is 17.7 Å². The van der Waals surface area contributed by atoms with Gasteiger partial charge in [-0.2, -0.15) is 0 Å². The molecule has 2 heterocycles. The number of hydrogen-bond acceptors (Lipinski definition) is 5. The normalized spacial score (nSPS) is 11.4. The van der Waals surface area contributed by atoms with Gasteiger partial charge in [-0.05, 0) is 23.6 Å². The Morgan fingerprint density at radius 1 is 1.20 bits per heavy atom. The van der Waals surface area contributed by atoms with Gasteiger partial charge in [-0.3, -0.25) is 4.72 Å². The fourth-order valence-electron chi connectivity index (χ4n) is 1.72. The Labute approximate surface area is 120 Å². The van der Waals surface area contributed by atoms with Crippen LogP contribution in [-0.2, 0) is 10.0 Å². The van der Waals surface area contributed by atoms with Crippen molar-refractivity contribution in [2.45, 2.75) is 4.21 Å². The zero-order valence-electron chi connectivity index (χ0n) is 10.2. The molecule has 3 aromatic rings. The van der Waals surface area contributed by atoms with E-state index < -0.39 is 10.0 Å². The lowest BCUT2D eigenvalue weighted by Crippen LogP contribution is -2.11. The lowest BCUT2D eigenvalue weighted by Gasteiger charge is -2.07. The van der Waals surface area contributed by atoms with E-state index >= 15 is 0 Å². The number of oxazole rings is 1. The predicted molar refractivity (Wildman–Crippen MR) is 77.1 cm³/mol. The summed E-state index contributed by atoms with van der Waals surface area (Å²) in [6.07, 6.45) is 2.91. The highest BCUT2D eigenvalue weighted by atomic mass is 32.2. The molecule has 5 nitrogen and oxygen atoms in total. The monoisotopic (exact) mass is 306 g/mol. The van der Waals surface area contributed by atoms with Gasteiger partial charge in [-0.15, -0.1) is 11.3 Å². The molecule has 102 valence electrons. The van der Waals surface area contributed by atoms with Crippen LogP contribution in [0.25, 0.3) is 11.3 Å². The fraction of sp³-hybridized carbons (Fsp3) is 0. The van der Waals surface area contributed by atoms with Gasteiger partial charge in [0.05, 0.1) is 6.20 Å². The van der Waals surface area contributed by atoms with Crippen LogP contribution in [0, 0.1) is 0 Å². The summed E-state index contributed by atoms with van der Waals surface area (Å²) in [5.41, 5.74) is 1.24. The third-order valence-electron chi connectivity index (χ3n) is 2.59. The van der Waals surface area contributed by atoms with Gasteiger partial charge >= 0.3 is 0 Å². The predicted octanol–water partition coefficient (Wildman–Crippen LogP) is 3.20. The summed E-state index contributed by atoms with van der Waals surface area (Å²) in [7, 11) is -3.53. The number of nitrogens with zero attached hydrogens (tertiary/aromatic N) is 1. The Morgan fingerprint density at radius 2 is 2.10 bits per heavy atom. The van der Waals surface area contributed by atoms with Gasteiger partial charge in [-0.1, -0.05) is 18.2 Å². The van der Waals surface area contributed by atoms with E-state index in [1.54, 1.807) is 41.9 Å². The minimum absolute atomic E-state index is 0.280. The lowest BCUT2D eigenvalue weighted by molar-refractivity contribution is 0.572. The minimum Gasteiger partial charge on any atom is -0.444 e. The van der Waals surface area contributed by atoms with Crippen molar-refractivity contribution in [3.63, 3.8) is 0 Å². The highest BCUT2D eigenvalue weighted by Crippen LogP contribution is 2.25. The first-order chi connectivity index (χ1) is 9.65. The summed E-state index contributed by atoms with van der Waals surface area (Å²) < 4.78 is 32.3. The summed E-state index contributed by atoms with van der Waals surface area (Å²) in [6, 6.07) is 10.2. The maximum atomic E-state index is 12.1. The number of hydrogen-bond donors (Lipinski definition) is 1. The SMILES string of the molecule is O=S(=O)(Nc1cccc(-c2cnco2)c1)c1cccs1. The second kappa shape index (κ2) is 5.10. The number of sulfonamides is 1. The van der Waals surface area contributed by atoms with Crippen molar-refractivity contribution in [3.8, 4) is 11.3 Å². The molecule has 0 bridgehead atoms. The first kappa shape index (κ1) is 12.9. The number of rotatable bonds is 4. The quantitative estimate of drug-likeness (QED) is 0.803. The molecule has 3 rings (SSSR count). The van der Waals surface area contributed by atoms with Gasteiger partial charge in [0.25, 0.3) is 10.0 Å². The zero-order valence-corrected chi connectivity index (χ0v) is 11.8. The largest absolute Gasteiger partial charge is 0.444 e. The number of nitrogens with one attached hydrogen (secondary N) is 1. The molecule has 0 saturated carbocycles. The van der Waals surface area contributed by atoms with Crippen LogP contribution in [0.2, 0.25) is 0 Å². The molecule has 20 heavy (non-hydrogen) atoms. The van der Waals surface area contributed by atoms with Gasteiger partial charge in [0.1, 0.15) is 4.21 Å². The van der Waals surface area contributed by atoms with Gasteiger partial charge < -0.3 is 4.42 Å². The summed E-state index contributed by atoms with van der Waals surface area (Å²) >= 11 is 1.17. The molecule has 1 aromatic carbocycles. The topological polar surface area (TPSA) is 72.2 Å². The van der Waals surface area contributed by atoms with Crippen LogP contribution < -0.4 is 4.72 Å². The van der Waals surface area contributed by atoms with Crippen LogP contribution >= 0.6 is 11.3 Å². The van der Waals surface area contributed by atoms with Crippen molar-refractivity contribution in [2.75, 3.05) is 4.72 Å². The fourth-order valence-corrected chi connectivity index (χ4v) is 3.76. The standard InChI is InChI=1S/C13H10N2O3S2/c16-20(17,13-5-2-6-19-13)15-11-4-1-3-10(7-11)12-8-14-9-18-12/h1-9,15H. The average molecular weight is 306 g/mol. The van der Waals surface area contributed by atoms with Crippen molar-refractivity contribution in [1.29, 1.82) is 0 Å². The highest BCUT2D eigenvalue weighted by Gasteiger charge is 2.15. The molecule has 0 aliphatic heterocycles. The summed E-state index contributed by atoms with van der Waals surface area (Å²) in [5.74, 6) is 0.585. The van der Waals surface area contributed by atoms with E-state index in [2.05, 4.69) is 9.71 Å². The number of thiophene rings is 1. The van der Waals surface area contributed by atoms with Gasteiger partial charge in [0.15, 0.2) is 12.2 Å². The van der Waals surface area contributed by atoms with Crippen LogP contribution in [0.3, 0.4) is 0 Å². The number of aromatic nitrogens is 1. The molecule has 0 aliphatic carbocycles. The van der Waals surface area contributed by atoms with Crippen molar-refractivity contribution in [1.82, 2.24) is 4.98 Å². The molecular weight excluding hydrogens is 296 g/mol. The molecule has 7 heteroatoms. The van der Waals surface area contributed by atoms with Crippen molar-refractivity contribution < 1.29 is 12.8 Å². The van der Waals surface area contributed by atoms with Crippen LogP contribution in [0.4, 0.5) is 5.69 Å². The van der Waals surface area contributed by atoms with E-state index in [0.717, 1.165) is 5.56 Å². The second-order valence-electron chi connectivity index (χ2n) is 3.98. The molecule has 2 aromatic heterocycles. The lowest BCUT2D eigenvalue weighted by atomic mass is 10.2. The third kappa shape index (κ3) is 2.59. The van der Waals surface area contributed by atoms with Gasteiger partial charge in [-0.25, -0.2) is 13.4 Å². The Bertz CT molecular complexity index is 794. The van der Waals surface area contributed by atoms with Crippen molar-refractivity contribution in [3.05, 3.63) is 54.4 Å². The molecule has 0 spiro atoms. The Balaban J connectivity index is 1.91. The van der Waals surface area contributed by atoms with Crippen molar-refractivity contribution in [2.24, 2.45) is 0 Å². The first-order valence-electron chi connectivity index (χ1n) is 5.70. The molecule has 0 aliphatic rings. The van der Waals surface area contributed by atoms with E-state index in [9.17, 15) is 8.42 Å². The number of anilines is 1. The molecule has 0 atom stereocenters. The summed E-state index contributed by atoms with van der Waals surface area (Å²) in [5, 5.41) is 1.72. The molecule has 0 fully saturated rings. The average Bonchev–Trinajstić information content (AvgIpc) is 3.12. The molecular formula is C13H10N2O3S2. The van der Waals surface area contributed by atoms with E-state index in [-0.39, 0.29) is 4.21 Å². The van der Waals surface area contributed by atoms with E-state index in [0.29, 0.717) is 11.4 Å². The third-order valence-corrected chi connectivity index (χ3v) is 5.37. The van der Waals surface area contributed by atoms with Crippen LogP contribution in [0.1, 0.15) is 0 Å². The van der Waals surface area contributed by atoms with Gasteiger partial charge in [0.2, 0.25) is 0 Å². The van der Waals surface area contributed by atoms with Crippen LogP contribution in [-0.4, -0.2) is 13.4 Å². The summed E-state index contributed by atoms with van der Waals surface area (Å²) in [4.78, 5) is 3.84. The second-order valence-corrected chi connectivity index (χ2v) is 6.84. The van der Waals surface area contributed by atoms with E-state index in [4.69, 9.17) is 4.42 Å². The Hall–Kier alpha value is -2.12. The molecule has 0 saturated heterocycles. The maximum absolute atomic E-state index is 12.1. The first-order valence-corrected chi connectivity index (χ1v) is 8.07. The Morgan fingerprint density at radius 3 is 2.80 bits per heavy atom. The van der Waals surface area contributed by atoms with E-state index in [1.807, 2.05) is 6.07 Å². The minimum atomic E-state index is -3.53. The van der Waals surface area contributed by atoms with Crippen LogP contribution in [0.5, 0.6) is 0 Å². The zero-order chi connectivity index (χ0) is 14.0. The number of benzene rings is 1. The smallest absolute Gasteiger partial charge is 0.271 e. The van der Waals surface area contributed by atoms with Crippen LogP contribution in [0.15, 0.2) is 63.0 Å². The maximum Gasteiger partial charge on any atom is 0.271 e. The highest BCUT2D eigenvalue weighted by molar-refractivity contribution is 7.94. The summed E-state index contributed by atoms with van der Waals surface area (Å²) in [6.45, 7) is 0. The molecule has 0 unspecified atom stereocenters. The van der Waals surface area contributed by atoms with Gasteiger partial charge in [0, 0.05) is 11.3 Å². The van der Waals surface area contributed by atoms with Crippen molar-refractivity contribution >= 4 is 27.0 Å². The molecule has 0 radical (unpaired) electrons. The molecule has 0 amide bonds. The molecule has 1 N–H and O–H groups in total.